The fraction of sp³-hybridized carbons (Fsp3) is 0.333. The number of nitrogens with two attached hydrogens (primary N) is 1. The summed E-state index contributed by atoms with van der Waals surface area (Å²) in [5, 5.41) is 12.8. The third kappa shape index (κ3) is 6.12. The SMILES string of the molecule is NC(CS(=O)(=O)Cc1ccccc1)C(=O)NCCCC(O)c1nc2ccccc2o1. The Hall–Kier alpha value is -2.75. The lowest BCUT2D eigenvalue weighted by Crippen LogP contribution is -2.45. The molecule has 0 bridgehead atoms. The van der Waals surface area contributed by atoms with Crippen LogP contribution in [0.4, 0.5) is 0 Å². The van der Waals surface area contributed by atoms with Crippen molar-refractivity contribution in [1.82, 2.24) is 10.3 Å². The van der Waals surface area contributed by atoms with Crippen LogP contribution in [0.15, 0.2) is 59.0 Å². The molecule has 3 aromatic rings. The Labute approximate surface area is 175 Å². The molecule has 0 aliphatic carbocycles. The number of aliphatic hydroxyl groups excluding tert-OH is 1. The first-order chi connectivity index (χ1) is 14.3. The molecule has 0 aliphatic rings. The summed E-state index contributed by atoms with van der Waals surface area (Å²) in [6, 6.07) is 14.8. The molecule has 9 heteroatoms. The molecule has 2 atom stereocenters. The summed E-state index contributed by atoms with van der Waals surface area (Å²) in [6.07, 6.45) is -0.113. The second-order valence-electron chi connectivity index (χ2n) is 7.12. The van der Waals surface area contributed by atoms with E-state index in [0.717, 1.165) is 0 Å². The van der Waals surface area contributed by atoms with E-state index in [-0.39, 0.29) is 18.2 Å². The van der Waals surface area contributed by atoms with Crippen molar-refractivity contribution in [3.8, 4) is 0 Å². The number of fused-ring (bicyclic) bond motifs is 1. The third-order valence-corrected chi connectivity index (χ3v) is 6.19. The van der Waals surface area contributed by atoms with Crippen LogP contribution >= 0.6 is 0 Å². The van der Waals surface area contributed by atoms with Gasteiger partial charge in [0, 0.05) is 6.54 Å². The van der Waals surface area contributed by atoms with Crippen molar-refractivity contribution in [3.05, 3.63) is 66.1 Å². The van der Waals surface area contributed by atoms with E-state index in [2.05, 4.69) is 10.3 Å². The minimum atomic E-state index is -3.52. The summed E-state index contributed by atoms with van der Waals surface area (Å²) < 4.78 is 30.0. The van der Waals surface area contributed by atoms with Crippen molar-refractivity contribution < 1.29 is 22.7 Å². The number of para-hydroxylation sites is 2. The molecule has 1 amide bonds. The highest BCUT2D eigenvalue weighted by atomic mass is 32.2. The molecule has 4 N–H and O–H groups in total. The highest BCUT2D eigenvalue weighted by molar-refractivity contribution is 7.90. The Morgan fingerprint density at radius 3 is 2.57 bits per heavy atom. The Morgan fingerprint density at radius 1 is 1.13 bits per heavy atom. The first kappa shape index (κ1) is 21.9. The van der Waals surface area contributed by atoms with Gasteiger partial charge in [0.15, 0.2) is 15.4 Å². The molecule has 3 rings (SSSR count). The second kappa shape index (κ2) is 9.84. The van der Waals surface area contributed by atoms with Gasteiger partial charge in [0.25, 0.3) is 0 Å². The molecule has 0 aliphatic heterocycles. The van der Waals surface area contributed by atoms with E-state index >= 15 is 0 Å². The summed E-state index contributed by atoms with van der Waals surface area (Å²) >= 11 is 0. The molecule has 0 saturated carbocycles. The predicted octanol–water partition coefficient (Wildman–Crippen LogP) is 1.70. The van der Waals surface area contributed by atoms with E-state index in [1.54, 1.807) is 42.5 Å². The molecular formula is C21H25N3O5S. The quantitative estimate of drug-likeness (QED) is 0.416. The lowest BCUT2D eigenvalue weighted by atomic mass is 10.2. The number of sulfone groups is 1. The van der Waals surface area contributed by atoms with Gasteiger partial charge in [-0.3, -0.25) is 4.79 Å². The number of amides is 1. The van der Waals surface area contributed by atoms with Crippen molar-refractivity contribution in [2.24, 2.45) is 5.73 Å². The summed E-state index contributed by atoms with van der Waals surface area (Å²) in [4.78, 5) is 16.4. The standard InChI is InChI=1S/C21H25N3O5S/c22-16(14-30(27,28)13-15-7-2-1-3-8-15)20(26)23-12-6-10-18(25)21-24-17-9-4-5-11-19(17)29-21/h1-5,7-9,11,16,18,25H,6,10,12-14,22H2,(H,23,26). The van der Waals surface area contributed by atoms with E-state index in [1.165, 1.54) is 0 Å². The highest BCUT2D eigenvalue weighted by Gasteiger charge is 2.22. The van der Waals surface area contributed by atoms with E-state index in [0.29, 0.717) is 29.5 Å². The maximum absolute atomic E-state index is 12.3. The number of carbonyl (C=O) groups is 1. The molecule has 2 unspecified atom stereocenters. The largest absolute Gasteiger partial charge is 0.438 e. The van der Waals surface area contributed by atoms with Crippen molar-refractivity contribution in [3.63, 3.8) is 0 Å². The number of hydrogen-bond acceptors (Lipinski definition) is 7. The van der Waals surface area contributed by atoms with Crippen LogP contribution in [0.3, 0.4) is 0 Å². The van der Waals surface area contributed by atoms with Crippen molar-refractivity contribution in [1.29, 1.82) is 0 Å². The molecule has 0 spiro atoms. The van der Waals surface area contributed by atoms with Gasteiger partial charge in [-0.2, -0.15) is 0 Å². The molecule has 8 nitrogen and oxygen atoms in total. The number of nitrogens with one attached hydrogen (secondary N) is 1. The van der Waals surface area contributed by atoms with Gasteiger partial charge in [0.05, 0.1) is 17.5 Å². The molecule has 0 fully saturated rings. The Balaban J connectivity index is 1.41. The topological polar surface area (TPSA) is 136 Å². The summed E-state index contributed by atoms with van der Waals surface area (Å²) in [5.74, 6) is -0.903. The summed E-state index contributed by atoms with van der Waals surface area (Å²) in [5.41, 5.74) is 7.69. The van der Waals surface area contributed by atoms with Crippen LogP contribution < -0.4 is 11.1 Å². The number of nitrogens with zero attached hydrogens (tertiary/aromatic N) is 1. The fourth-order valence-corrected chi connectivity index (χ4v) is 4.55. The van der Waals surface area contributed by atoms with Crippen LogP contribution in [0.25, 0.3) is 11.1 Å². The van der Waals surface area contributed by atoms with E-state index in [4.69, 9.17) is 10.2 Å². The average Bonchev–Trinajstić information content (AvgIpc) is 3.15. The lowest BCUT2D eigenvalue weighted by molar-refractivity contribution is -0.121. The maximum atomic E-state index is 12.3. The Bertz CT molecular complexity index is 1050. The minimum Gasteiger partial charge on any atom is -0.438 e. The molecule has 0 saturated heterocycles. The first-order valence-electron chi connectivity index (χ1n) is 9.65. The van der Waals surface area contributed by atoms with Gasteiger partial charge < -0.3 is 20.6 Å². The lowest BCUT2D eigenvalue weighted by Gasteiger charge is -2.13. The number of aliphatic hydroxyl groups is 1. The zero-order chi connectivity index (χ0) is 21.6. The number of aromatic nitrogens is 1. The number of rotatable bonds is 10. The Kier molecular flexibility index (Phi) is 7.20. The van der Waals surface area contributed by atoms with Crippen molar-refractivity contribution >= 4 is 26.8 Å². The van der Waals surface area contributed by atoms with Gasteiger partial charge in [-0.1, -0.05) is 42.5 Å². The van der Waals surface area contributed by atoms with Gasteiger partial charge in [-0.25, -0.2) is 13.4 Å². The van der Waals surface area contributed by atoms with Crippen LogP contribution in [0.5, 0.6) is 0 Å². The number of carbonyl (C=O) groups excluding carboxylic acids is 1. The van der Waals surface area contributed by atoms with Gasteiger partial charge in [-0.05, 0) is 30.5 Å². The van der Waals surface area contributed by atoms with Crippen molar-refractivity contribution in [2.75, 3.05) is 12.3 Å². The van der Waals surface area contributed by atoms with Crippen LogP contribution in [0, 0.1) is 0 Å². The number of oxazole rings is 1. The zero-order valence-corrected chi connectivity index (χ0v) is 17.2. The van der Waals surface area contributed by atoms with Gasteiger partial charge in [0.2, 0.25) is 11.8 Å². The smallest absolute Gasteiger partial charge is 0.237 e. The zero-order valence-electron chi connectivity index (χ0n) is 16.4. The minimum absolute atomic E-state index is 0.161. The highest BCUT2D eigenvalue weighted by Crippen LogP contribution is 2.22. The van der Waals surface area contributed by atoms with E-state index in [1.807, 2.05) is 12.1 Å². The van der Waals surface area contributed by atoms with Crippen LogP contribution in [0.2, 0.25) is 0 Å². The van der Waals surface area contributed by atoms with Crippen LogP contribution in [0.1, 0.15) is 30.4 Å². The molecule has 1 aromatic heterocycles. The summed E-state index contributed by atoms with van der Waals surface area (Å²) in [7, 11) is -3.52. The van der Waals surface area contributed by atoms with Crippen molar-refractivity contribution in [2.45, 2.75) is 30.7 Å². The fourth-order valence-electron chi connectivity index (χ4n) is 3.03. The van der Waals surface area contributed by atoms with Gasteiger partial charge in [0.1, 0.15) is 11.6 Å². The molecule has 1 heterocycles. The van der Waals surface area contributed by atoms with Gasteiger partial charge in [-0.15, -0.1) is 0 Å². The van der Waals surface area contributed by atoms with E-state index in [9.17, 15) is 18.3 Å². The molecule has 160 valence electrons. The van der Waals surface area contributed by atoms with Crippen LogP contribution in [-0.4, -0.2) is 42.8 Å². The van der Waals surface area contributed by atoms with Gasteiger partial charge >= 0.3 is 0 Å². The number of benzene rings is 2. The maximum Gasteiger partial charge on any atom is 0.237 e. The summed E-state index contributed by atoms with van der Waals surface area (Å²) in [6.45, 7) is 0.253. The van der Waals surface area contributed by atoms with Crippen LogP contribution in [-0.2, 0) is 20.4 Å². The number of hydrogen-bond donors (Lipinski definition) is 3. The Morgan fingerprint density at radius 2 is 1.83 bits per heavy atom. The molecule has 0 radical (unpaired) electrons. The first-order valence-corrected chi connectivity index (χ1v) is 11.5. The third-order valence-electron chi connectivity index (χ3n) is 4.55. The second-order valence-corrected chi connectivity index (χ2v) is 9.22. The molecule has 30 heavy (non-hydrogen) atoms. The molecule has 2 aromatic carbocycles. The predicted molar refractivity (Wildman–Crippen MR) is 113 cm³/mol. The molecular weight excluding hydrogens is 406 g/mol. The normalized spacial score (nSPS) is 13.8. The monoisotopic (exact) mass is 431 g/mol. The average molecular weight is 432 g/mol. The van der Waals surface area contributed by atoms with E-state index < -0.39 is 33.6 Å².